The molecule has 0 bridgehead atoms. The van der Waals surface area contributed by atoms with Crippen molar-refractivity contribution < 1.29 is 14.7 Å². The molecular weight excluding hydrogens is 336 g/mol. The highest BCUT2D eigenvalue weighted by Crippen LogP contribution is 2.33. The van der Waals surface area contributed by atoms with E-state index in [9.17, 15) is 9.59 Å². The summed E-state index contributed by atoms with van der Waals surface area (Å²) in [6, 6.07) is 0.242. The summed E-state index contributed by atoms with van der Waals surface area (Å²) in [7, 11) is 1.87. The molecule has 2 atom stereocenters. The summed E-state index contributed by atoms with van der Waals surface area (Å²) in [4.78, 5) is 29.3. The summed E-state index contributed by atoms with van der Waals surface area (Å²) < 4.78 is 0. The van der Waals surface area contributed by atoms with Gasteiger partial charge >= 0.3 is 5.97 Å². The summed E-state index contributed by atoms with van der Waals surface area (Å²) in [6.45, 7) is 3.84. The van der Waals surface area contributed by atoms with Crippen LogP contribution in [0.15, 0.2) is 5.38 Å². The molecule has 1 aliphatic heterocycles. The number of hydrogen-bond acceptors (Lipinski definition) is 4. The molecule has 1 fully saturated rings. The number of thiophene rings is 1. The van der Waals surface area contributed by atoms with Crippen LogP contribution in [-0.2, 0) is 17.6 Å². The molecule has 3 rings (SSSR count). The largest absolute Gasteiger partial charge is 0.480 e. The SMILES string of the molecule is C[C@@H]1CCc2c(C(=O)N3CCC[C@@H](N(C)CC(=O)O)CC3)csc2C1. The Kier molecular flexibility index (Phi) is 5.79. The molecule has 5 nitrogen and oxygen atoms in total. The molecule has 2 aliphatic rings. The van der Waals surface area contributed by atoms with Crippen molar-refractivity contribution in [3.63, 3.8) is 0 Å². The highest BCUT2D eigenvalue weighted by Gasteiger charge is 2.28. The molecule has 0 aromatic carbocycles. The van der Waals surface area contributed by atoms with Gasteiger partial charge in [-0.3, -0.25) is 14.5 Å². The fraction of sp³-hybridized carbons (Fsp3) is 0.684. The van der Waals surface area contributed by atoms with Crippen LogP contribution in [0.4, 0.5) is 0 Å². The molecule has 1 N–H and O–H groups in total. The van der Waals surface area contributed by atoms with Gasteiger partial charge in [0.15, 0.2) is 0 Å². The molecule has 2 heterocycles. The Morgan fingerprint density at radius 3 is 2.88 bits per heavy atom. The van der Waals surface area contributed by atoms with Crippen LogP contribution in [0.2, 0.25) is 0 Å². The smallest absolute Gasteiger partial charge is 0.317 e. The average molecular weight is 365 g/mol. The van der Waals surface area contributed by atoms with Gasteiger partial charge in [0.2, 0.25) is 0 Å². The maximum absolute atomic E-state index is 13.0. The van der Waals surface area contributed by atoms with E-state index < -0.39 is 5.97 Å². The maximum atomic E-state index is 13.0. The molecule has 1 saturated heterocycles. The van der Waals surface area contributed by atoms with Crippen molar-refractivity contribution in [2.75, 3.05) is 26.7 Å². The van der Waals surface area contributed by atoms with Gasteiger partial charge in [-0.2, -0.15) is 0 Å². The van der Waals surface area contributed by atoms with Gasteiger partial charge in [-0.1, -0.05) is 6.92 Å². The lowest BCUT2D eigenvalue weighted by molar-refractivity contribution is -0.138. The van der Waals surface area contributed by atoms with Gasteiger partial charge in [0.05, 0.1) is 12.1 Å². The van der Waals surface area contributed by atoms with E-state index >= 15 is 0 Å². The molecule has 138 valence electrons. The number of nitrogens with zero attached hydrogens (tertiary/aromatic N) is 2. The minimum absolute atomic E-state index is 0.0643. The van der Waals surface area contributed by atoms with Crippen molar-refractivity contribution in [2.45, 2.75) is 51.5 Å². The van der Waals surface area contributed by atoms with E-state index in [1.165, 1.54) is 16.9 Å². The number of likely N-dealkylation sites (N-methyl/N-ethyl adjacent to an activating group) is 1. The first-order chi connectivity index (χ1) is 12.0. The molecular formula is C19H28N2O3S. The number of carbonyl (C=O) groups is 2. The molecule has 25 heavy (non-hydrogen) atoms. The van der Waals surface area contributed by atoms with Crippen LogP contribution < -0.4 is 0 Å². The average Bonchev–Trinajstić information content (AvgIpc) is 2.81. The number of carbonyl (C=O) groups excluding carboxylic acids is 1. The van der Waals surface area contributed by atoms with E-state index in [1.807, 2.05) is 16.8 Å². The van der Waals surface area contributed by atoms with Crippen LogP contribution >= 0.6 is 11.3 Å². The summed E-state index contributed by atoms with van der Waals surface area (Å²) in [5.74, 6) is 0.102. The first-order valence-corrected chi connectivity index (χ1v) is 10.1. The highest BCUT2D eigenvalue weighted by molar-refractivity contribution is 7.10. The molecule has 0 spiro atoms. The molecule has 0 saturated carbocycles. The van der Waals surface area contributed by atoms with E-state index in [2.05, 4.69) is 12.3 Å². The second-order valence-corrected chi connectivity index (χ2v) is 8.55. The van der Waals surface area contributed by atoms with Gasteiger partial charge in [0.25, 0.3) is 5.91 Å². The van der Waals surface area contributed by atoms with Crippen molar-refractivity contribution in [2.24, 2.45) is 5.92 Å². The van der Waals surface area contributed by atoms with Gasteiger partial charge in [0, 0.05) is 29.4 Å². The van der Waals surface area contributed by atoms with Crippen molar-refractivity contribution in [3.8, 4) is 0 Å². The number of likely N-dealkylation sites (tertiary alicyclic amines) is 1. The van der Waals surface area contributed by atoms with Gasteiger partial charge in [-0.05, 0) is 57.1 Å². The zero-order chi connectivity index (χ0) is 18.0. The van der Waals surface area contributed by atoms with E-state index in [0.29, 0.717) is 6.54 Å². The first kappa shape index (κ1) is 18.4. The predicted molar refractivity (Wildman–Crippen MR) is 99.3 cm³/mol. The van der Waals surface area contributed by atoms with Crippen molar-refractivity contribution in [3.05, 3.63) is 21.4 Å². The number of amides is 1. The Bertz CT molecular complexity index is 643. The number of carboxylic acid groups (broad SMARTS) is 1. The minimum atomic E-state index is -0.793. The molecule has 0 unspecified atom stereocenters. The highest BCUT2D eigenvalue weighted by atomic mass is 32.1. The lowest BCUT2D eigenvalue weighted by atomic mass is 9.88. The third-order valence-electron chi connectivity index (χ3n) is 5.62. The second kappa shape index (κ2) is 7.87. The van der Waals surface area contributed by atoms with Crippen LogP contribution in [0.5, 0.6) is 0 Å². The fourth-order valence-electron chi connectivity index (χ4n) is 4.09. The van der Waals surface area contributed by atoms with Crippen molar-refractivity contribution >= 4 is 23.2 Å². The quantitative estimate of drug-likeness (QED) is 0.892. The Balaban J connectivity index is 1.65. The lowest BCUT2D eigenvalue weighted by Gasteiger charge is -2.26. The van der Waals surface area contributed by atoms with Gasteiger partial charge in [-0.25, -0.2) is 0 Å². The summed E-state index contributed by atoms with van der Waals surface area (Å²) in [5, 5.41) is 11.0. The lowest BCUT2D eigenvalue weighted by Crippen LogP contribution is -2.37. The summed E-state index contributed by atoms with van der Waals surface area (Å²) in [6.07, 6.45) is 6.04. The third-order valence-corrected chi connectivity index (χ3v) is 6.68. The van der Waals surface area contributed by atoms with Gasteiger partial charge in [0.1, 0.15) is 0 Å². The van der Waals surface area contributed by atoms with Gasteiger partial charge in [-0.15, -0.1) is 11.3 Å². The van der Waals surface area contributed by atoms with E-state index in [-0.39, 0.29) is 18.5 Å². The fourth-order valence-corrected chi connectivity index (χ4v) is 5.33. The molecule has 1 amide bonds. The Hall–Kier alpha value is -1.40. The topological polar surface area (TPSA) is 60.9 Å². The predicted octanol–water partition coefficient (Wildman–Crippen LogP) is 2.88. The van der Waals surface area contributed by atoms with Crippen molar-refractivity contribution in [1.29, 1.82) is 0 Å². The normalized spacial score (nSPS) is 24.0. The Morgan fingerprint density at radius 1 is 1.32 bits per heavy atom. The molecule has 0 radical (unpaired) electrons. The molecule has 1 aromatic rings. The van der Waals surface area contributed by atoms with E-state index in [0.717, 1.165) is 50.1 Å². The van der Waals surface area contributed by atoms with Crippen LogP contribution in [0.25, 0.3) is 0 Å². The standard InChI is InChI=1S/C19H28N2O3S/c1-13-5-6-15-16(12-25-17(15)10-13)19(24)21-8-3-4-14(7-9-21)20(2)11-18(22)23/h12-14H,3-11H2,1-2H3,(H,22,23)/t13-,14-/m1/s1. The van der Waals surface area contributed by atoms with Crippen LogP contribution in [0.3, 0.4) is 0 Å². The Morgan fingerprint density at radius 2 is 2.12 bits per heavy atom. The number of aliphatic carboxylic acids is 1. The summed E-state index contributed by atoms with van der Waals surface area (Å²) in [5.41, 5.74) is 2.21. The number of rotatable bonds is 4. The van der Waals surface area contributed by atoms with E-state index in [4.69, 9.17) is 5.11 Å². The minimum Gasteiger partial charge on any atom is -0.480 e. The monoisotopic (exact) mass is 364 g/mol. The van der Waals surface area contributed by atoms with Crippen molar-refractivity contribution in [1.82, 2.24) is 9.80 Å². The van der Waals surface area contributed by atoms with Gasteiger partial charge < -0.3 is 10.0 Å². The summed E-state index contributed by atoms with van der Waals surface area (Å²) >= 11 is 1.74. The Labute approximate surface area is 153 Å². The van der Waals surface area contributed by atoms with Crippen LogP contribution in [0.1, 0.15) is 53.4 Å². The first-order valence-electron chi connectivity index (χ1n) is 9.26. The van der Waals surface area contributed by atoms with E-state index in [1.54, 1.807) is 11.3 Å². The van der Waals surface area contributed by atoms with Crippen LogP contribution in [-0.4, -0.2) is 59.5 Å². The maximum Gasteiger partial charge on any atom is 0.317 e. The zero-order valence-electron chi connectivity index (χ0n) is 15.2. The number of hydrogen-bond donors (Lipinski definition) is 1. The third kappa shape index (κ3) is 4.23. The second-order valence-electron chi connectivity index (χ2n) is 7.58. The van der Waals surface area contributed by atoms with Crippen LogP contribution in [0, 0.1) is 5.92 Å². The molecule has 1 aromatic heterocycles. The zero-order valence-corrected chi connectivity index (χ0v) is 16.0. The molecule has 6 heteroatoms. The number of fused-ring (bicyclic) bond motifs is 1. The molecule has 1 aliphatic carbocycles. The number of carboxylic acids is 1.